The average molecular weight is 177 g/mol. The van der Waals surface area contributed by atoms with Gasteiger partial charge >= 0.3 is 0 Å². The van der Waals surface area contributed by atoms with Crippen LogP contribution in [0.5, 0.6) is 0 Å². The molecule has 4 heteroatoms. The fraction of sp³-hybridized carbons (Fsp3) is 0.333. The van der Waals surface area contributed by atoms with Gasteiger partial charge in [-0.05, 0) is 11.6 Å². The monoisotopic (exact) mass is 177 g/mol. The number of aryl methyl sites for hydroxylation is 1. The second-order valence-electron chi connectivity index (χ2n) is 3.15. The van der Waals surface area contributed by atoms with Crippen LogP contribution in [0.3, 0.4) is 0 Å². The molecule has 0 aromatic carbocycles. The summed E-state index contributed by atoms with van der Waals surface area (Å²) in [5, 5.41) is 5.41. The van der Waals surface area contributed by atoms with E-state index in [9.17, 15) is 4.79 Å². The maximum atomic E-state index is 10.6. The number of nitrogens with zero attached hydrogens (tertiary/aromatic N) is 3. The standard InChI is InChI=1S/C9H11N3O/c1-11-5-3-8(6-11)9-2-4-10-12(9)7-13/h3-7,9H,2H2,1H3. The molecule has 0 saturated carbocycles. The lowest BCUT2D eigenvalue weighted by molar-refractivity contribution is -0.119. The first-order chi connectivity index (χ1) is 6.31. The summed E-state index contributed by atoms with van der Waals surface area (Å²) < 4.78 is 1.97. The summed E-state index contributed by atoms with van der Waals surface area (Å²) in [5.74, 6) is 0. The van der Waals surface area contributed by atoms with E-state index in [2.05, 4.69) is 5.10 Å². The Morgan fingerprint density at radius 2 is 2.54 bits per heavy atom. The third kappa shape index (κ3) is 1.35. The molecule has 1 aliphatic heterocycles. The maximum absolute atomic E-state index is 10.6. The van der Waals surface area contributed by atoms with Crippen LogP contribution in [0.2, 0.25) is 0 Å². The molecule has 1 amide bonds. The number of rotatable bonds is 2. The first-order valence-electron chi connectivity index (χ1n) is 4.19. The van der Waals surface area contributed by atoms with Crippen molar-refractivity contribution < 1.29 is 4.79 Å². The molecule has 1 aromatic rings. The fourth-order valence-electron chi connectivity index (χ4n) is 1.54. The minimum Gasteiger partial charge on any atom is -0.357 e. The Hall–Kier alpha value is -1.58. The van der Waals surface area contributed by atoms with Crippen LogP contribution >= 0.6 is 0 Å². The van der Waals surface area contributed by atoms with E-state index in [-0.39, 0.29) is 6.04 Å². The van der Waals surface area contributed by atoms with Crippen LogP contribution in [0.25, 0.3) is 0 Å². The third-order valence-corrected chi connectivity index (χ3v) is 2.21. The summed E-state index contributed by atoms with van der Waals surface area (Å²) in [6.07, 6.45) is 7.32. The minimum absolute atomic E-state index is 0.0960. The van der Waals surface area contributed by atoms with E-state index < -0.39 is 0 Å². The molecule has 1 unspecified atom stereocenters. The zero-order valence-corrected chi connectivity index (χ0v) is 7.42. The smallest absolute Gasteiger partial charge is 0.230 e. The number of amides is 1. The van der Waals surface area contributed by atoms with Gasteiger partial charge in [-0.3, -0.25) is 4.79 Å². The zero-order valence-electron chi connectivity index (χ0n) is 7.42. The maximum Gasteiger partial charge on any atom is 0.230 e. The molecule has 0 N–H and O–H groups in total. The second kappa shape index (κ2) is 3.05. The van der Waals surface area contributed by atoms with Crippen molar-refractivity contribution in [1.82, 2.24) is 9.58 Å². The van der Waals surface area contributed by atoms with Crippen molar-refractivity contribution in [1.29, 1.82) is 0 Å². The topological polar surface area (TPSA) is 37.6 Å². The van der Waals surface area contributed by atoms with Gasteiger partial charge in [0.05, 0.1) is 6.04 Å². The Balaban J connectivity index is 2.22. The summed E-state index contributed by atoms with van der Waals surface area (Å²) in [4.78, 5) is 10.6. The highest BCUT2D eigenvalue weighted by atomic mass is 16.1. The SMILES string of the molecule is Cn1ccc(C2CC=NN2C=O)c1. The molecule has 68 valence electrons. The van der Waals surface area contributed by atoms with Crippen molar-refractivity contribution in [2.24, 2.45) is 12.1 Å². The van der Waals surface area contributed by atoms with Gasteiger partial charge in [-0.15, -0.1) is 0 Å². The number of hydrazone groups is 1. The summed E-state index contributed by atoms with van der Waals surface area (Å²) in [7, 11) is 1.96. The summed E-state index contributed by atoms with van der Waals surface area (Å²) >= 11 is 0. The van der Waals surface area contributed by atoms with Crippen LogP contribution < -0.4 is 0 Å². The molecule has 2 heterocycles. The van der Waals surface area contributed by atoms with E-state index in [0.29, 0.717) is 0 Å². The lowest BCUT2D eigenvalue weighted by Gasteiger charge is -2.15. The van der Waals surface area contributed by atoms with Gasteiger partial charge in [-0.2, -0.15) is 5.10 Å². The summed E-state index contributed by atoms with van der Waals surface area (Å²) in [5.41, 5.74) is 1.13. The Kier molecular flexibility index (Phi) is 1.88. The normalized spacial score (nSPS) is 21.0. The summed E-state index contributed by atoms with van der Waals surface area (Å²) in [6.45, 7) is 0. The van der Waals surface area contributed by atoms with Gasteiger partial charge in [0.25, 0.3) is 0 Å². The lowest BCUT2D eigenvalue weighted by atomic mass is 10.1. The van der Waals surface area contributed by atoms with E-state index in [1.165, 1.54) is 5.01 Å². The molecule has 0 bridgehead atoms. The fourth-order valence-corrected chi connectivity index (χ4v) is 1.54. The Bertz CT molecular complexity index is 342. The van der Waals surface area contributed by atoms with Gasteiger partial charge in [-0.1, -0.05) is 0 Å². The van der Waals surface area contributed by atoms with E-state index in [1.54, 1.807) is 6.21 Å². The van der Waals surface area contributed by atoms with Gasteiger partial charge in [0, 0.05) is 32.1 Å². The van der Waals surface area contributed by atoms with E-state index in [4.69, 9.17) is 0 Å². The summed E-state index contributed by atoms with van der Waals surface area (Å²) in [6, 6.07) is 2.11. The van der Waals surface area contributed by atoms with E-state index in [0.717, 1.165) is 18.4 Å². The van der Waals surface area contributed by atoms with Crippen molar-refractivity contribution in [3.8, 4) is 0 Å². The van der Waals surface area contributed by atoms with Gasteiger partial charge in [0.15, 0.2) is 0 Å². The molecule has 13 heavy (non-hydrogen) atoms. The highest BCUT2D eigenvalue weighted by molar-refractivity contribution is 5.65. The molecule has 4 nitrogen and oxygen atoms in total. The van der Waals surface area contributed by atoms with Crippen molar-refractivity contribution in [3.05, 3.63) is 24.0 Å². The quantitative estimate of drug-likeness (QED) is 0.619. The number of carbonyl (C=O) groups excluding carboxylic acids is 1. The minimum atomic E-state index is 0.0960. The molecule has 1 aromatic heterocycles. The van der Waals surface area contributed by atoms with Gasteiger partial charge in [0.1, 0.15) is 0 Å². The van der Waals surface area contributed by atoms with Crippen LogP contribution in [-0.4, -0.2) is 22.2 Å². The second-order valence-corrected chi connectivity index (χ2v) is 3.15. The zero-order chi connectivity index (χ0) is 9.26. The van der Waals surface area contributed by atoms with Crippen molar-refractivity contribution in [2.45, 2.75) is 12.5 Å². The van der Waals surface area contributed by atoms with Crippen LogP contribution in [0.4, 0.5) is 0 Å². The molecule has 1 aliphatic rings. The van der Waals surface area contributed by atoms with Gasteiger partial charge in [0.2, 0.25) is 6.41 Å². The molecular formula is C9H11N3O. The lowest BCUT2D eigenvalue weighted by Crippen LogP contribution is -2.16. The van der Waals surface area contributed by atoms with E-state index in [1.807, 2.05) is 30.1 Å². The molecule has 0 aliphatic carbocycles. The number of hydrogen-bond acceptors (Lipinski definition) is 2. The molecule has 0 spiro atoms. The predicted octanol–water partition coefficient (Wildman–Crippen LogP) is 0.914. The molecule has 2 rings (SSSR count). The number of carbonyl (C=O) groups is 1. The van der Waals surface area contributed by atoms with Crippen LogP contribution in [0, 0.1) is 0 Å². The Morgan fingerprint density at radius 1 is 1.69 bits per heavy atom. The third-order valence-electron chi connectivity index (χ3n) is 2.21. The predicted molar refractivity (Wildman–Crippen MR) is 49.2 cm³/mol. The Labute approximate surface area is 76.5 Å². The molecule has 0 fully saturated rings. The average Bonchev–Trinajstić information content (AvgIpc) is 2.71. The Morgan fingerprint density at radius 3 is 3.15 bits per heavy atom. The largest absolute Gasteiger partial charge is 0.357 e. The highest BCUT2D eigenvalue weighted by Crippen LogP contribution is 2.26. The molecular weight excluding hydrogens is 166 g/mol. The van der Waals surface area contributed by atoms with Gasteiger partial charge < -0.3 is 4.57 Å². The molecule has 0 radical (unpaired) electrons. The van der Waals surface area contributed by atoms with Crippen molar-refractivity contribution in [3.63, 3.8) is 0 Å². The van der Waals surface area contributed by atoms with Crippen LogP contribution in [0.15, 0.2) is 23.6 Å². The first kappa shape index (κ1) is 8.04. The number of hydrogen-bond donors (Lipinski definition) is 0. The molecule has 1 atom stereocenters. The first-order valence-corrected chi connectivity index (χ1v) is 4.19. The number of aromatic nitrogens is 1. The van der Waals surface area contributed by atoms with E-state index >= 15 is 0 Å². The highest BCUT2D eigenvalue weighted by Gasteiger charge is 2.22. The molecule has 0 saturated heterocycles. The van der Waals surface area contributed by atoms with Gasteiger partial charge in [-0.25, -0.2) is 5.01 Å². The van der Waals surface area contributed by atoms with Crippen molar-refractivity contribution in [2.75, 3.05) is 0 Å². The van der Waals surface area contributed by atoms with Crippen molar-refractivity contribution >= 4 is 12.6 Å². The van der Waals surface area contributed by atoms with Crippen LogP contribution in [-0.2, 0) is 11.8 Å². The van der Waals surface area contributed by atoms with Crippen LogP contribution in [0.1, 0.15) is 18.0 Å².